The van der Waals surface area contributed by atoms with Crippen LogP contribution in [0.15, 0.2) is 53.0 Å². The number of fused-ring (bicyclic) bond motifs is 1. The van der Waals surface area contributed by atoms with Gasteiger partial charge in [-0.15, -0.1) is 11.3 Å². The Morgan fingerprint density at radius 3 is 2.52 bits per heavy atom. The SMILES string of the molecule is COc1ccc(C(C#N)C(C)c2cc3cc(Br)ccc3s2)cc1. The highest BCUT2D eigenvalue weighted by molar-refractivity contribution is 9.10. The zero-order chi connectivity index (χ0) is 16.4. The van der Waals surface area contributed by atoms with Gasteiger partial charge in [-0.2, -0.15) is 5.26 Å². The number of hydrogen-bond acceptors (Lipinski definition) is 3. The third kappa shape index (κ3) is 3.26. The Morgan fingerprint density at radius 1 is 1.13 bits per heavy atom. The summed E-state index contributed by atoms with van der Waals surface area (Å²) in [5.41, 5.74) is 1.03. The number of hydrogen-bond donors (Lipinski definition) is 0. The van der Waals surface area contributed by atoms with E-state index in [1.54, 1.807) is 18.4 Å². The largest absolute Gasteiger partial charge is 0.497 e. The Morgan fingerprint density at radius 2 is 1.87 bits per heavy atom. The predicted octanol–water partition coefficient (Wildman–Crippen LogP) is 6.08. The molecule has 2 atom stereocenters. The van der Waals surface area contributed by atoms with Crippen LogP contribution in [0.3, 0.4) is 0 Å². The van der Waals surface area contributed by atoms with Gasteiger partial charge in [-0.3, -0.25) is 0 Å². The van der Waals surface area contributed by atoms with Crippen LogP contribution in [0.1, 0.15) is 29.2 Å². The minimum atomic E-state index is -0.169. The van der Waals surface area contributed by atoms with E-state index in [1.165, 1.54) is 15.0 Å². The van der Waals surface area contributed by atoms with Gasteiger partial charge < -0.3 is 4.74 Å². The van der Waals surface area contributed by atoms with Crippen molar-refractivity contribution < 1.29 is 4.74 Å². The minimum absolute atomic E-state index is 0.143. The molecule has 0 N–H and O–H groups in total. The maximum atomic E-state index is 9.67. The quantitative estimate of drug-likeness (QED) is 0.544. The van der Waals surface area contributed by atoms with Gasteiger partial charge in [-0.1, -0.05) is 35.0 Å². The van der Waals surface area contributed by atoms with E-state index >= 15 is 0 Å². The number of ether oxygens (including phenoxy) is 1. The van der Waals surface area contributed by atoms with Crippen molar-refractivity contribution in [1.82, 2.24) is 0 Å². The third-order valence-corrected chi connectivity index (χ3v) is 5.87. The highest BCUT2D eigenvalue weighted by Crippen LogP contribution is 2.39. The van der Waals surface area contributed by atoms with Crippen molar-refractivity contribution >= 4 is 37.4 Å². The molecule has 2 unspecified atom stereocenters. The molecule has 0 aliphatic rings. The summed E-state index contributed by atoms with van der Waals surface area (Å²) >= 11 is 5.28. The molecule has 0 saturated heterocycles. The first-order chi connectivity index (χ1) is 11.1. The van der Waals surface area contributed by atoms with Gasteiger partial charge in [0.1, 0.15) is 5.75 Å². The lowest BCUT2D eigenvalue weighted by Crippen LogP contribution is -2.05. The van der Waals surface area contributed by atoms with Crippen LogP contribution < -0.4 is 4.74 Å². The van der Waals surface area contributed by atoms with Gasteiger partial charge in [0, 0.05) is 20.0 Å². The number of methoxy groups -OCH3 is 1. The highest BCUT2D eigenvalue weighted by Gasteiger charge is 2.22. The Kier molecular flexibility index (Phi) is 4.70. The minimum Gasteiger partial charge on any atom is -0.497 e. The average molecular weight is 386 g/mol. The first-order valence-corrected chi connectivity index (χ1v) is 8.96. The van der Waals surface area contributed by atoms with E-state index in [9.17, 15) is 5.26 Å². The zero-order valence-electron chi connectivity index (χ0n) is 12.9. The maximum absolute atomic E-state index is 9.67. The molecule has 1 aromatic heterocycles. The molecule has 0 aliphatic carbocycles. The third-order valence-electron chi connectivity index (χ3n) is 4.06. The molecule has 4 heteroatoms. The van der Waals surface area contributed by atoms with Crippen LogP contribution in [-0.4, -0.2) is 7.11 Å². The number of halogens is 1. The summed E-state index contributed by atoms with van der Waals surface area (Å²) < 4.78 is 7.52. The normalized spacial score (nSPS) is 13.5. The van der Waals surface area contributed by atoms with Gasteiger partial charge >= 0.3 is 0 Å². The van der Waals surface area contributed by atoms with Crippen molar-refractivity contribution in [2.75, 3.05) is 7.11 Å². The molecule has 2 aromatic carbocycles. The van der Waals surface area contributed by atoms with Crippen molar-refractivity contribution in [2.24, 2.45) is 0 Å². The second-order valence-electron chi connectivity index (χ2n) is 5.50. The van der Waals surface area contributed by atoms with Crippen LogP contribution in [0.25, 0.3) is 10.1 Å². The fourth-order valence-electron chi connectivity index (χ4n) is 2.71. The number of benzene rings is 2. The highest BCUT2D eigenvalue weighted by atomic mass is 79.9. The van der Waals surface area contributed by atoms with E-state index in [1.807, 2.05) is 24.3 Å². The summed E-state index contributed by atoms with van der Waals surface area (Å²) in [6.07, 6.45) is 0. The summed E-state index contributed by atoms with van der Waals surface area (Å²) in [6, 6.07) is 18.7. The van der Waals surface area contributed by atoms with E-state index in [-0.39, 0.29) is 11.8 Å². The van der Waals surface area contributed by atoms with E-state index in [0.717, 1.165) is 15.8 Å². The number of nitrogens with zero attached hydrogens (tertiary/aromatic N) is 1. The van der Waals surface area contributed by atoms with Gasteiger partial charge in [-0.05, 0) is 47.3 Å². The molecule has 0 aliphatic heterocycles. The molecule has 0 fully saturated rings. The fourth-order valence-corrected chi connectivity index (χ4v) is 4.22. The molecular formula is C19H16BrNOS. The second-order valence-corrected chi connectivity index (χ2v) is 7.53. The van der Waals surface area contributed by atoms with Gasteiger partial charge in [-0.25, -0.2) is 0 Å². The maximum Gasteiger partial charge on any atom is 0.118 e. The molecule has 0 saturated carbocycles. The molecule has 1 heterocycles. The summed E-state index contributed by atoms with van der Waals surface area (Å²) in [7, 11) is 1.65. The molecule has 0 bridgehead atoms. The monoisotopic (exact) mass is 385 g/mol. The molecule has 0 radical (unpaired) electrons. The number of thiophene rings is 1. The lowest BCUT2D eigenvalue weighted by Gasteiger charge is -2.17. The second kappa shape index (κ2) is 6.74. The lowest BCUT2D eigenvalue weighted by atomic mass is 9.87. The Labute approximate surface area is 148 Å². The van der Waals surface area contributed by atoms with Crippen molar-refractivity contribution in [3.05, 3.63) is 63.4 Å². The van der Waals surface area contributed by atoms with Crippen LogP contribution >= 0.6 is 27.3 Å². The van der Waals surface area contributed by atoms with Gasteiger partial charge in [0.25, 0.3) is 0 Å². The van der Waals surface area contributed by atoms with Crippen molar-refractivity contribution in [3.63, 3.8) is 0 Å². The topological polar surface area (TPSA) is 33.0 Å². The summed E-state index contributed by atoms with van der Waals surface area (Å²) in [5, 5.41) is 10.9. The average Bonchev–Trinajstić information content (AvgIpc) is 2.99. The van der Waals surface area contributed by atoms with Crippen LogP contribution in [0.4, 0.5) is 0 Å². The van der Waals surface area contributed by atoms with Crippen LogP contribution in [-0.2, 0) is 0 Å². The molecule has 0 amide bonds. The first kappa shape index (κ1) is 16.0. The van der Waals surface area contributed by atoms with Crippen molar-refractivity contribution in [2.45, 2.75) is 18.8 Å². The fraction of sp³-hybridized carbons (Fsp3) is 0.211. The number of rotatable bonds is 4. The summed E-state index contributed by atoms with van der Waals surface area (Å²) in [5.74, 6) is 0.784. The lowest BCUT2D eigenvalue weighted by molar-refractivity contribution is 0.414. The van der Waals surface area contributed by atoms with Gasteiger partial charge in [0.2, 0.25) is 0 Å². The first-order valence-electron chi connectivity index (χ1n) is 7.35. The van der Waals surface area contributed by atoms with Gasteiger partial charge in [0.05, 0.1) is 19.1 Å². The van der Waals surface area contributed by atoms with Crippen LogP contribution in [0.5, 0.6) is 5.75 Å². The smallest absolute Gasteiger partial charge is 0.118 e. The van der Waals surface area contributed by atoms with Gasteiger partial charge in [0.15, 0.2) is 0 Å². The molecule has 2 nitrogen and oxygen atoms in total. The Hall–Kier alpha value is -1.83. The van der Waals surface area contributed by atoms with Crippen LogP contribution in [0, 0.1) is 11.3 Å². The van der Waals surface area contributed by atoms with Crippen molar-refractivity contribution in [3.8, 4) is 11.8 Å². The molecule has 116 valence electrons. The molecule has 23 heavy (non-hydrogen) atoms. The number of nitriles is 1. The van der Waals surface area contributed by atoms with Crippen LogP contribution in [0.2, 0.25) is 0 Å². The summed E-state index contributed by atoms with van der Waals surface area (Å²) in [4.78, 5) is 1.24. The Balaban J connectivity index is 1.94. The predicted molar refractivity (Wildman–Crippen MR) is 99.3 cm³/mol. The standard InChI is InChI=1S/C19H16BrNOS/c1-12(17(11-21)13-3-6-16(22-2)7-4-13)19-10-14-9-15(20)5-8-18(14)23-19/h3-10,12,17H,1-2H3. The molecule has 3 aromatic rings. The molecule has 0 spiro atoms. The molecular weight excluding hydrogens is 370 g/mol. The Bertz CT molecular complexity index is 863. The van der Waals surface area contributed by atoms with Crippen molar-refractivity contribution in [1.29, 1.82) is 5.26 Å². The zero-order valence-corrected chi connectivity index (χ0v) is 15.3. The van der Waals surface area contributed by atoms with E-state index in [2.05, 4.69) is 53.2 Å². The summed E-state index contributed by atoms with van der Waals surface area (Å²) in [6.45, 7) is 2.12. The van der Waals surface area contributed by atoms with E-state index in [4.69, 9.17) is 4.74 Å². The van der Waals surface area contributed by atoms with E-state index in [0.29, 0.717) is 0 Å². The van der Waals surface area contributed by atoms with E-state index < -0.39 is 0 Å². The molecule has 3 rings (SSSR count).